The Bertz CT molecular complexity index is 568. The van der Waals surface area contributed by atoms with Crippen LogP contribution < -0.4 is 5.43 Å². The summed E-state index contributed by atoms with van der Waals surface area (Å²) in [5.74, 6) is 0.692. The van der Waals surface area contributed by atoms with Gasteiger partial charge >= 0.3 is 0 Å². The van der Waals surface area contributed by atoms with Crippen molar-refractivity contribution in [2.75, 3.05) is 5.43 Å². The predicted octanol–water partition coefficient (Wildman–Crippen LogP) is 4.22. The minimum Gasteiger partial charge on any atom is -0.261 e. The quantitative estimate of drug-likeness (QED) is 0.675. The molecule has 0 radical (unpaired) electrons. The number of benzene rings is 1. The summed E-state index contributed by atoms with van der Waals surface area (Å²) in [6.07, 6.45) is 1.70. The van der Waals surface area contributed by atoms with E-state index in [4.69, 9.17) is 23.2 Å². The van der Waals surface area contributed by atoms with E-state index in [-0.39, 0.29) is 0 Å². The number of hydrogen-bond acceptors (Lipinski definition) is 3. The van der Waals surface area contributed by atoms with Gasteiger partial charge in [-0.1, -0.05) is 35.3 Å². The molecule has 0 saturated carbocycles. The number of pyridine rings is 1. The zero-order valence-electron chi connectivity index (χ0n) is 9.69. The average Bonchev–Trinajstić information content (AvgIpc) is 2.40. The fraction of sp³-hybridized carbons (Fsp3) is 0.0769. The molecule has 0 fully saturated rings. The topological polar surface area (TPSA) is 37.3 Å². The average molecular weight is 280 g/mol. The Morgan fingerprint density at radius 1 is 1.17 bits per heavy atom. The standard InChI is InChI=1S/C13H11Cl2N3/c1-9(10-5-6-11(14)12(15)8-10)17-18-13-4-2-3-7-16-13/h2-8H,1H3,(H,16,18)/b17-9+. The molecule has 1 heterocycles. The lowest BCUT2D eigenvalue weighted by Crippen LogP contribution is -2.00. The molecule has 92 valence electrons. The number of aromatic nitrogens is 1. The molecule has 1 aromatic carbocycles. The van der Waals surface area contributed by atoms with Crippen LogP contribution in [0.5, 0.6) is 0 Å². The Balaban J connectivity index is 2.15. The molecule has 0 spiro atoms. The second kappa shape index (κ2) is 5.85. The van der Waals surface area contributed by atoms with Gasteiger partial charge in [0.1, 0.15) is 5.82 Å². The first-order valence-corrected chi connectivity index (χ1v) is 6.09. The molecule has 0 saturated heterocycles. The van der Waals surface area contributed by atoms with Crippen LogP contribution in [-0.4, -0.2) is 10.7 Å². The maximum Gasteiger partial charge on any atom is 0.146 e. The highest BCUT2D eigenvalue weighted by molar-refractivity contribution is 6.42. The molecule has 0 aliphatic rings. The first kappa shape index (κ1) is 12.9. The van der Waals surface area contributed by atoms with Crippen LogP contribution in [0.25, 0.3) is 0 Å². The second-order valence-electron chi connectivity index (χ2n) is 3.65. The molecule has 2 aromatic rings. The maximum absolute atomic E-state index is 5.96. The second-order valence-corrected chi connectivity index (χ2v) is 4.47. The van der Waals surface area contributed by atoms with E-state index < -0.39 is 0 Å². The van der Waals surface area contributed by atoms with Crippen LogP contribution in [-0.2, 0) is 0 Å². The number of rotatable bonds is 3. The van der Waals surface area contributed by atoms with Gasteiger partial charge in [-0.3, -0.25) is 5.43 Å². The third-order valence-electron chi connectivity index (χ3n) is 2.34. The summed E-state index contributed by atoms with van der Waals surface area (Å²) in [4.78, 5) is 4.11. The zero-order chi connectivity index (χ0) is 13.0. The van der Waals surface area contributed by atoms with Crippen molar-refractivity contribution < 1.29 is 0 Å². The van der Waals surface area contributed by atoms with Crippen molar-refractivity contribution in [1.82, 2.24) is 4.98 Å². The molecule has 0 unspecified atom stereocenters. The molecule has 0 aliphatic heterocycles. The van der Waals surface area contributed by atoms with Gasteiger partial charge < -0.3 is 0 Å². The SMILES string of the molecule is C/C(=N\Nc1ccccn1)c1ccc(Cl)c(Cl)c1. The molecule has 18 heavy (non-hydrogen) atoms. The van der Waals surface area contributed by atoms with E-state index >= 15 is 0 Å². The molecule has 2 rings (SSSR count). The predicted molar refractivity (Wildman–Crippen MR) is 76.5 cm³/mol. The Morgan fingerprint density at radius 3 is 2.67 bits per heavy atom. The van der Waals surface area contributed by atoms with Crippen LogP contribution in [0, 0.1) is 0 Å². The van der Waals surface area contributed by atoms with Gasteiger partial charge in [0.15, 0.2) is 0 Å². The monoisotopic (exact) mass is 279 g/mol. The van der Waals surface area contributed by atoms with Crippen molar-refractivity contribution in [3.8, 4) is 0 Å². The third kappa shape index (κ3) is 3.22. The van der Waals surface area contributed by atoms with E-state index in [1.165, 1.54) is 0 Å². The van der Waals surface area contributed by atoms with Gasteiger partial charge in [0, 0.05) is 6.20 Å². The van der Waals surface area contributed by atoms with Gasteiger partial charge in [0.05, 0.1) is 15.8 Å². The number of halogens is 2. The molecule has 1 aromatic heterocycles. The summed E-state index contributed by atoms with van der Waals surface area (Å²) in [5, 5.41) is 5.29. The Morgan fingerprint density at radius 2 is 2.00 bits per heavy atom. The smallest absolute Gasteiger partial charge is 0.146 e. The molecular weight excluding hydrogens is 269 g/mol. The van der Waals surface area contributed by atoms with Gasteiger partial charge in [-0.15, -0.1) is 0 Å². The highest BCUT2D eigenvalue weighted by atomic mass is 35.5. The highest BCUT2D eigenvalue weighted by Crippen LogP contribution is 2.22. The molecule has 0 amide bonds. The molecule has 0 bridgehead atoms. The van der Waals surface area contributed by atoms with Crippen molar-refractivity contribution in [3.05, 3.63) is 58.2 Å². The van der Waals surface area contributed by atoms with E-state index in [1.807, 2.05) is 31.2 Å². The van der Waals surface area contributed by atoms with E-state index in [9.17, 15) is 0 Å². The highest BCUT2D eigenvalue weighted by Gasteiger charge is 2.02. The van der Waals surface area contributed by atoms with E-state index in [1.54, 1.807) is 18.3 Å². The molecule has 3 nitrogen and oxygen atoms in total. The third-order valence-corrected chi connectivity index (χ3v) is 3.08. The van der Waals surface area contributed by atoms with Gasteiger partial charge in [-0.2, -0.15) is 5.10 Å². The number of nitrogens with one attached hydrogen (secondary N) is 1. The maximum atomic E-state index is 5.96. The molecule has 5 heteroatoms. The first-order chi connectivity index (χ1) is 8.66. The van der Waals surface area contributed by atoms with E-state index in [0.29, 0.717) is 15.9 Å². The number of hydrazone groups is 1. The summed E-state index contributed by atoms with van der Waals surface area (Å²) in [6, 6.07) is 11.0. The van der Waals surface area contributed by atoms with Crippen LogP contribution in [0.1, 0.15) is 12.5 Å². The van der Waals surface area contributed by atoms with Gasteiger partial charge in [0.2, 0.25) is 0 Å². The fourth-order valence-electron chi connectivity index (χ4n) is 1.36. The van der Waals surface area contributed by atoms with Gasteiger partial charge in [-0.05, 0) is 36.8 Å². The lowest BCUT2D eigenvalue weighted by molar-refractivity contribution is 1.22. The van der Waals surface area contributed by atoms with E-state index in [2.05, 4.69) is 15.5 Å². The minimum atomic E-state index is 0.515. The molecular formula is C13H11Cl2N3. The summed E-state index contributed by atoms with van der Waals surface area (Å²) in [7, 11) is 0. The van der Waals surface area contributed by atoms with E-state index in [0.717, 1.165) is 11.3 Å². The van der Waals surface area contributed by atoms with Crippen molar-refractivity contribution in [3.63, 3.8) is 0 Å². The van der Waals surface area contributed by atoms with Crippen LogP contribution in [0.15, 0.2) is 47.7 Å². The fourth-order valence-corrected chi connectivity index (χ4v) is 1.65. The Hall–Kier alpha value is -1.58. The normalized spacial score (nSPS) is 11.4. The lowest BCUT2D eigenvalue weighted by Gasteiger charge is -2.04. The summed E-state index contributed by atoms with van der Waals surface area (Å²) < 4.78 is 0. The van der Waals surface area contributed by atoms with Crippen LogP contribution >= 0.6 is 23.2 Å². The molecule has 1 N–H and O–H groups in total. The van der Waals surface area contributed by atoms with Gasteiger partial charge in [0.25, 0.3) is 0 Å². The number of hydrogen-bond donors (Lipinski definition) is 1. The molecule has 0 aliphatic carbocycles. The zero-order valence-corrected chi connectivity index (χ0v) is 11.2. The number of anilines is 1. The van der Waals surface area contributed by atoms with Gasteiger partial charge in [-0.25, -0.2) is 4.98 Å². The Kier molecular flexibility index (Phi) is 4.18. The van der Waals surface area contributed by atoms with Crippen molar-refractivity contribution in [2.45, 2.75) is 6.92 Å². The van der Waals surface area contributed by atoms with Crippen LogP contribution in [0.4, 0.5) is 5.82 Å². The number of nitrogens with zero attached hydrogens (tertiary/aromatic N) is 2. The Labute approximate surface area is 115 Å². The van der Waals surface area contributed by atoms with Crippen molar-refractivity contribution in [2.24, 2.45) is 5.10 Å². The van der Waals surface area contributed by atoms with Crippen LogP contribution in [0.2, 0.25) is 10.0 Å². The van der Waals surface area contributed by atoms with Crippen molar-refractivity contribution in [1.29, 1.82) is 0 Å². The summed E-state index contributed by atoms with van der Waals surface area (Å²) in [6.45, 7) is 1.88. The summed E-state index contributed by atoms with van der Waals surface area (Å²) >= 11 is 11.8. The first-order valence-electron chi connectivity index (χ1n) is 5.33. The van der Waals surface area contributed by atoms with Crippen LogP contribution in [0.3, 0.4) is 0 Å². The lowest BCUT2D eigenvalue weighted by atomic mass is 10.1. The van der Waals surface area contributed by atoms with Crippen molar-refractivity contribution >= 4 is 34.7 Å². The summed E-state index contributed by atoms with van der Waals surface area (Å²) in [5.41, 5.74) is 4.59. The molecule has 0 atom stereocenters. The largest absolute Gasteiger partial charge is 0.261 e. The minimum absolute atomic E-state index is 0.515.